The van der Waals surface area contributed by atoms with E-state index < -0.39 is 0 Å². The molecule has 4 rings (SSSR count). The topological polar surface area (TPSA) is 52.1 Å². The van der Waals surface area contributed by atoms with Gasteiger partial charge in [0.2, 0.25) is 0 Å². The van der Waals surface area contributed by atoms with Gasteiger partial charge in [0.25, 0.3) is 0 Å². The van der Waals surface area contributed by atoms with E-state index in [0.717, 1.165) is 25.5 Å². The summed E-state index contributed by atoms with van der Waals surface area (Å²) >= 11 is 0. The Labute approximate surface area is 140 Å². The third-order valence-electron chi connectivity index (χ3n) is 5.97. The molecule has 0 aromatic carbocycles. The summed E-state index contributed by atoms with van der Waals surface area (Å²) in [7, 11) is 1.81. The van der Waals surface area contributed by atoms with Crippen LogP contribution in [0.15, 0.2) is 4.99 Å². The first kappa shape index (κ1) is 17.0. The lowest BCUT2D eigenvalue weighted by atomic mass is 9.64. The van der Waals surface area contributed by atoms with Crippen molar-refractivity contribution in [2.75, 3.05) is 52.9 Å². The quantitative estimate of drug-likeness (QED) is 0.565. The van der Waals surface area contributed by atoms with E-state index >= 15 is 0 Å². The predicted octanol–water partition coefficient (Wildman–Crippen LogP) is 0.355. The highest BCUT2D eigenvalue weighted by Gasteiger charge is 2.49. The molecule has 3 atom stereocenters. The minimum Gasteiger partial charge on any atom is -0.381 e. The highest BCUT2D eigenvalue weighted by molar-refractivity contribution is 5.80. The molecule has 132 valence electrons. The van der Waals surface area contributed by atoms with E-state index in [2.05, 4.69) is 41.2 Å². The van der Waals surface area contributed by atoms with Crippen LogP contribution in [0.2, 0.25) is 0 Å². The standard InChI is InChI=1S/C17H33N5O/c1-5-18-16(20-14-10-15(23-4)17(14,2)3)19-11-13-12-21-6-8-22(13)9-7-21/h13-15H,5-12H2,1-4H3,(H2,18,19,20). The Balaban J connectivity index is 1.56. The molecule has 3 aliphatic heterocycles. The van der Waals surface area contributed by atoms with Gasteiger partial charge in [0.1, 0.15) is 0 Å². The van der Waals surface area contributed by atoms with Crippen LogP contribution in [-0.4, -0.2) is 86.9 Å². The largest absolute Gasteiger partial charge is 0.381 e. The van der Waals surface area contributed by atoms with E-state index in [9.17, 15) is 0 Å². The van der Waals surface area contributed by atoms with Crippen molar-refractivity contribution >= 4 is 5.96 Å². The van der Waals surface area contributed by atoms with E-state index in [1.54, 1.807) is 0 Å². The van der Waals surface area contributed by atoms with Crippen LogP contribution < -0.4 is 10.6 Å². The average molecular weight is 323 g/mol. The van der Waals surface area contributed by atoms with Gasteiger partial charge in [0, 0.05) is 63.9 Å². The number of hydrogen-bond acceptors (Lipinski definition) is 4. The number of nitrogens with zero attached hydrogens (tertiary/aromatic N) is 3. The van der Waals surface area contributed by atoms with Gasteiger partial charge >= 0.3 is 0 Å². The summed E-state index contributed by atoms with van der Waals surface area (Å²) in [6.45, 7) is 14.5. The number of fused-ring (bicyclic) bond motifs is 3. The molecule has 0 radical (unpaired) electrons. The molecule has 23 heavy (non-hydrogen) atoms. The van der Waals surface area contributed by atoms with Gasteiger partial charge in [0.15, 0.2) is 5.96 Å². The normalized spacial score (nSPS) is 39.0. The highest BCUT2D eigenvalue weighted by atomic mass is 16.5. The van der Waals surface area contributed by atoms with Crippen molar-refractivity contribution in [1.82, 2.24) is 20.4 Å². The second kappa shape index (κ2) is 6.95. The number of guanidine groups is 1. The zero-order valence-electron chi connectivity index (χ0n) is 15.1. The number of methoxy groups -OCH3 is 1. The van der Waals surface area contributed by atoms with E-state index in [4.69, 9.17) is 9.73 Å². The Bertz CT molecular complexity index is 431. The lowest BCUT2D eigenvalue weighted by Gasteiger charge is -2.51. The molecule has 4 aliphatic rings. The molecule has 6 heteroatoms. The third-order valence-corrected chi connectivity index (χ3v) is 5.97. The van der Waals surface area contributed by atoms with Crippen LogP contribution in [0.4, 0.5) is 0 Å². The molecule has 3 unspecified atom stereocenters. The molecular formula is C17H33N5O. The molecule has 3 saturated heterocycles. The van der Waals surface area contributed by atoms with Crippen molar-refractivity contribution in [3.8, 4) is 0 Å². The van der Waals surface area contributed by atoms with Gasteiger partial charge in [-0.15, -0.1) is 0 Å². The lowest BCUT2D eigenvalue weighted by Crippen LogP contribution is -2.64. The summed E-state index contributed by atoms with van der Waals surface area (Å²) in [5.41, 5.74) is 0.157. The first-order valence-electron chi connectivity index (χ1n) is 9.08. The molecule has 1 aliphatic carbocycles. The summed E-state index contributed by atoms with van der Waals surface area (Å²) in [5, 5.41) is 7.02. The number of hydrogen-bond donors (Lipinski definition) is 2. The number of aliphatic imine (C=N–C) groups is 1. The van der Waals surface area contributed by atoms with Crippen molar-refractivity contribution in [2.45, 2.75) is 45.4 Å². The molecular weight excluding hydrogens is 290 g/mol. The van der Waals surface area contributed by atoms with Crippen LogP contribution in [0.25, 0.3) is 0 Å². The monoisotopic (exact) mass is 323 g/mol. The van der Waals surface area contributed by atoms with E-state index in [-0.39, 0.29) is 5.41 Å². The van der Waals surface area contributed by atoms with Crippen LogP contribution in [0, 0.1) is 5.41 Å². The SMILES string of the molecule is CCNC(=NCC1CN2CCN1CC2)NC1CC(OC)C1(C)C. The van der Waals surface area contributed by atoms with Gasteiger partial charge in [-0.25, -0.2) is 0 Å². The van der Waals surface area contributed by atoms with Crippen molar-refractivity contribution < 1.29 is 4.74 Å². The predicted molar refractivity (Wildman–Crippen MR) is 93.9 cm³/mol. The molecule has 1 saturated carbocycles. The third kappa shape index (κ3) is 3.49. The summed E-state index contributed by atoms with van der Waals surface area (Å²) in [6, 6.07) is 1.01. The Kier molecular flexibility index (Phi) is 5.13. The maximum atomic E-state index is 5.55. The smallest absolute Gasteiger partial charge is 0.191 e. The number of ether oxygens (including phenoxy) is 1. The molecule has 0 spiro atoms. The first-order valence-corrected chi connectivity index (χ1v) is 9.08. The number of nitrogens with one attached hydrogen (secondary N) is 2. The van der Waals surface area contributed by atoms with Gasteiger partial charge < -0.3 is 15.4 Å². The van der Waals surface area contributed by atoms with E-state index in [1.165, 1.54) is 32.7 Å². The fourth-order valence-corrected chi connectivity index (χ4v) is 4.11. The molecule has 2 bridgehead atoms. The minimum atomic E-state index is 0.157. The fourth-order valence-electron chi connectivity index (χ4n) is 4.11. The van der Waals surface area contributed by atoms with E-state index in [0.29, 0.717) is 18.2 Å². The Morgan fingerprint density at radius 2 is 2.00 bits per heavy atom. The maximum Gasteiger partial charge on any atom is 0.191 e. The maximum absolute atomic E-state index is 5.55. The van der Waals surface area contributed by atoms with Gasteiger partial charge in [-0.05, 0) is 13.3 Å². The Morgan fingerprint density at radius 1 is 1.26 bits per heavy atom. The van der Waals surface area contributed by atoms with Crippen LogP contribution in [0.5, 0.6) is 0 Å². The van der Waals surface area contributed by atoms with Gasteiger partial charge in [-0.3, -0.25) is 14.8 Å². The fraction of sp³-hybridized carbons (Fsp3) is 0.941. The summed E-state index contributed by atoms with van der Waals surface area (Å²) < 4.78 is 5.55. The molecule has 2 N–H and O–H groups in total. The van der Waals surface area contributed by atoms with Crippen LogP contribution in [-0.2, 0) is 4.74 Å². The van der Waals surface area contributed by atoms with Crippen LogP contribution in [0.1, 0.15) is 27.2 Å². The second-order valence-electron chi connectivity index (χ2n) is 7.69. The van der Waals surface area contributed by atoms with Gasteiger partial charge in [0.05, 0.1) is 12.6 Å². The highest BCUT2D eigenvalue weighted by Crippen LogP contribution is 2.42. The molecule has 6 nitrogen and oxygen atoms in total. The van der Waals surface area contributed by atoms with Crippen LogP contribution in [0.3, 0.4) is 0 Å². The number of rotatable bonds is 5. The summed E-state index contributed by atoms with van der Waals surface area (Å²) in [4.78, 5) is 10.0. The average Bonchev–Trinajstić information content (AvgIpc) is 2.57. The number of piperazine rings is 3. The van der Waals surface area contributed by atoms with Crippen LogP contribution >= 0.6 is 0 Å². The zero-order valence-corrected chi connectivity index (χ0v) is 15.1. The molecule has 0 amide bonds. The van der Waals surface area contributed by atoms with Crippen molar-refractivity contribution in [3.05, 3.63) is 0 Å². The molecule has 0 aromatic rings. The zero-order chi connectivity index (χ0) is 16.4. The molecule has 3 heterocycles. The second-order valence-corrected chi connectivity index (χ2v) is 7.69. The van der Waals surface area contributed by atoms with Crippen molar-refractivity contribution in [1.29, 1.82) is 0 Å². The Morgan fingerprint density at radius 3 is 2.52 bits per heavy atom. The van der Waals surface area contributed by atoms with E-state index in [1.807, 2.05) is 7.11 Å². The summed E-state index contributed by atoms with van der Waals surface area (Å²) in [5.74, 6) is 0.956. The Hall–Kier alpha value is -0.850. The van der Waals surface area contributed by atoms with Crippen molar-refractivity contribution in [3.63, 3.8) is 0 Å². The molecule has 4 fully saturated rings. The van der Waals surface area contributed by atoms with Crippen molar-refractivity contribution in [2.24, 2.45) is 10.4 Å². The van der Waals surface area contributed by atoms with Gasteiger partial charge in [-0.1, -0.05) is 13.8 Å². The first-order chi connectivity index (χ1) is 11.0. The minimum absolute atomic E-state index is 0.157. The summed E-state index contributed by atoms with van der Waals surface area (Å²) in [6.07, 6.45) is 1.40. The molecule has 0 aromatic heterocycles. The lowest BCUT2D eigenvalue weighted by molar-refractivity contribution is -0.0922. The van der Waals surface area contributed by atoms with Gasteiger partial charge in [-0.2, -0.15) is 0 Å².